The number of aliphatic hydroxyl groups excluding tert-OH is 1. The quantitative estimate of drug-likeness (QED) is 0.695. The van der Waals surface area contributed by atoms with Crippen LogP contribution in [-0.2, 0) is 25.8 Å². The van der Waals surface area contributed by atoms with Crippen molar-refractivity contribution in [3.05, 3.63) is 33.8 Å². The van der Waals surface area contributed by atoms with Crippen LogP contribution >= 0.6 is 11.3 Å². The van der Waals surface area contributed by atoms with Gasteiger partial charge in [0.2, 0.25) is 0 Å². The van der Waals surface area contributed by atoms with E-state index in [2.05, 4.69) is 15.0 Å². The van der Waals surface area contributed by atoms with E-state index in [9.17, 15) is 5.11 Å². The number of rotatable bonds is 4. The number of hydrogen-bond acceptors (Lipinski definition) is 8. The maximum atomic E-state index is 10.5. The second-order valence-electron chi connectivity index (χ2n) is 8.08. The third-order valence-electron chi connectivity index (χ3n) is 5.88. The molecule has 0 aromatic carbocycles. The number of aliphatic hydroxyl groups is 1. The van der Waals surface area contributed by atoms with Gasteiger partial charge in [0.25, 0.3) is 0 Å². The predicted molar refractivity (Wildman–Crippen MR) is 108 cm³/mol. The molecule has 2 atom stereocenters. The topological polar surface area (TPSA) is 101 Å². The van der Waals surface area contributed by atoms with Crippen LogP contribution in [0.25, 0.3) is 10.2 Å². The van der Waals surface area contributed by atoms with Crippen molar-refractivity contribution in [2.24, 2.45) is 5.92 Å². The molecule has 0 radical (unpaired) electrons. The van der Waals surface area contributed by atoms with E-state index in [1.54, 1.807) is 11.3 Å². The van der Waals surface area contributed by atoms with Crippen molar-refractivity contribution in [1.82, 2.24) is 20.0 Å². The van der Waals surface area contributed by atoms with E-state index in [0.29, 0.717) is 25.3 Å². The van der Waals surface area contributed by atoms with E-state index in [4.69, 9.17) is 15.2 Å². The SMILES string of the molecule is Cc1cc(C[C@@H]2CN(Cc3nc(N)c4c5c(sc4n3)CCCC5)C[C@@H]2O)on1. The molecule has 7 nitrogen and oxygen atoms in total. The van der Waals surface area contributed by atoms with Crippen molar-refractivity contribution in [3.63, 3.8) is 0 Å². The van der Waals surface area contributed by atoms with Crippen molar-refractivity contribution in [3.8, 4) is 0 Å². The first-order valence-electron chi connectivity index (χ1n) is 9.96. The Morgan fingerprint density at radius 2 is 2.14 bits per heavy atom. The minimum Gasteiger partial charge on any atom is -0.391 e. The molecule has 3 N–H and O–H groups in total. The van der Waals surface area contributed by atoms with Crippen molar-refractivity contribution >= 4 is 27.4 Å². The number of nitrogens with two attached hydrogens (primary N) is 1. The Morgan fingerprint density at radius 3 is 2.96 bits per heavy atom. The van der Waals surface area contributed by atoms with Crippen molar-refractivity contribution < 1.29 is 9.63 Å². The highest BCUT2D eigenvalue weighted by Crippen LogP contribution is 2.37. The summed E-state index contributed by atoms with van der Waals surface area (Å²) >= 11 is 1.77. The van der Waals surface area contributed by atoms with Gasteiger partial charge in [-0.15, -0.1) is 11.3 Å². The molecule has 0 unspecified atom stereocenters. The van der Waals surface area contributed by atoms with Gasteiger partial charge in [-0.1, -0.05) is 5.16 Å². The van der Waals surface area contributed by atoms with Crippen LogP contribution in [0.2, 0.25) is 0 Å². The molecule has 3 aromatic heterocycles. The van der Waals surface area contributed by atoms with E-state index < -0.39 is 0 Å². The highest BCUT2D eigenvalue weighted by Gasteiger charge is 2.33. The number of anilines is 1. The van der Waals surface area contributed by atoms with E-state index >= 15 is 0 Å². The fourth-order valence-electron chi connectivity index (χ4n) is 4.54. The van der Waals surface area contributed by atoms with Crippen LogP contribution in [0.1, 0.15) is 40.6 Å². The molecule has 8 heteroatoms. The molecular weight excluding hydrogens is 374 g/mol. The number of thiophene rings is 1. The first-order chi connectivity index (χ1) is 13.6. The van der Waals surface area contributed by atoms with E-state index in [-0.39, 0.29) is 12.0 Å². The Hall–Kier alpha value is -2.03. The van der Waals surface area contributed by atoms with Crippen LogP contribution in [0.4, 0.5) is 5.82 Å². The molecule has 1 aliphatic heterocycles. The largest absolute Gasteiger partial charge is 0.391 e. The molecule has 1 fully saturated rings. The normalized spacial score (nSPS) is 22.8. The molecule has 0 amide bonds. The van der Waals surface area contributed by atoms with Gasteiger partial charge in [0.1, 0.15) is 22.2 Å². The summed E-state index contributed by atoms with van der Waals surface area (Å²) in [7, 11) is 0. The van der Waals surface area contributed by atoms with Crippen LogP contribution in [0.5, 0.6) is 0 Å². The first-order valence-corrected chi connectivity index (χ1v) is 10.8. The first kappa shape index (κ1) is 18.0. The fourth-order valence-corrected chi connectivity index (χ4v) is 5.83. The summed E-state index contributed by atoms with van der Waals surface area (Å²) in [5, 5.41) is 15.5. The highest BCUT2D eigenvalue weighted by molar-refractivity contribution is 7.19. The number of aryl methyl sites for hydroxylation is 3. The van der Waals surface area contributed by atoms with E-state index in [0.717, 1.165) is 46.9 Å². The standard InChI is InChI=1S/C20H25N5O2S/c1-11-6-13(27-24-11)7-12-8-25(9-15(12)26)10-17-22-19(21)18-14-4-2-3-5-16(14)28-20(18)23-17/h6,12,15,26H,2-5,7-10H2,1H3,(H2,21,22,23)/t12-,15+/m1/s1. The number of aromatic nitrogens is 3. The Bertz CT molecular complexity index is 1010. The number of fused-ring (bicyclic) bond motifs is 3. The predicted octanol–water partition coefficient (Wildman–Crippen LogP) is 2.48. The van der Waals surface area contributed by atoms with Gasteiger partial charge in [-0.05, 0) is 38.2 Å². The minimum absolute atomic E-state index is 0.127. The molecule has 0 spiro atoms. The lowest BCUT2D eigenvalue weighted by Crippen LogP contribution is -2.23. The molecule has 0 saturated carbocycles. The van der Waals surface area contributed by atoms with Gasteiger partial charge in [-0.2, -0.15) is 0 Å². The maximum absolute atomic E-state index is 10.5. The number of nitrogens with zero attached hydrogens (tertiary/aromatic N) is 4. The second kappa shape index (κ2) is 7.09. The Balaban J connectivity index is 1.32. The molecule has 5 rings (SSSR count). The second-order valence-corrected chi connectivity index (χ2v) is 9.16. The Morgan fingerprint density at radius 1 is 1.29 bits per heavy atom. The molecule has 3 aromatic rings. The lowest BCUT2D eigenvalue weighted by Gasteiger charge is -2.15. The monoisotopic (exact) mass is 399 g/mol. The third kappa shape index (κ3) is 3.29. The zero-order valence-electron chi connectivity index (χ0n) is 16.0. The summed E-state index contributed by atoms with van der Waals surface area (Å²) in [6.07, 6.45) is 4.99. The van der Waals surface area contributed by atoms with Crippen LogP contribution in [0.3, 0.4) is 0 Å². The Kier molecular flexibility index (Phi) is 4.57. The molecule has 2 aliphatic rings. The van der Waals surface area contributed by atoms with Crippen LogP contribution in [-0.4, -0.2) is 44.3 Å². The molecule has 148 valence electrons. The Labute approximate surface area is 167 Å². The molecule has 1 aliphatic carbocycles. The molecule has 1 saturated heterocycles. The maximum Gasteiger partial charge on any atom is 0.146 e. The summed E-state index contributed by atoms with van der Waals surface area (Å²) in [6, 6.07) is 1.94. The van der Waals surface area contributed by atoms with Gasteiger partial charge in [0, 0.05) is 36.4 Å². The smallest absolute Gasteiger partial charge is 0.146 e. The van der Waals surface area contributed by atoms with Gasteiger partial charge < -0.3 is 15.4 Å². The van der Waals surface area contributed by atoms with Crippen molar-refractivity contribution in [2.75, 3.05) is 18.8 Å². The van der Waals surface area contributed by atoms with E-state index in [1.165, 1.54) is 23.3 Å². The van der Waals surface area contributed by atoms with Gasteiger partial charge in [-0.25, -0.2) is 9.97 Å². The average Bonchev–Trinajstić information content (AvgIpc) is 3.32. The van der Waals surface area contributed by atoms with Gasteiger partial charge in [0.05, 0.1) is 23.7 Å². The van der Waals surface area contributed by atoms with Crippen LogP contribution < -0.4 is 5.73 Å². The summed E-state index contributed by atoms with van der Waals surface area (Å²) in [5.41, 5.74) is 8.57. The van der Waals surface area contributed by atoms with Crippen LogP contribution in [0, 0.1) is 12.8 Å². The number of likely N-dealkylation sites (tertiary alicyclic amines) is 1. The number of hydrogen-bond donors (Lipinski definition) is 2. The van der Waals surface area contributed by atoms with Gasteiger partial charge >= 0.3 is 0 Å². The number of nitrogen functional groups attached to an aromatic ring is 1. The molecular formula is C20H25N5O2S. The summed E-state index contributed by atoms with van der Waals surface area (Å²) < 4.78 is 5.31. The highest BCUT2D eigenvalue weighted by atomic mass is 32.1. The summed E-state index contributed by atoms with van der Waals surface area (Å²) in [5.74, 6) is 2.30. The summed E-state index contributed by atoms with van der Waals surface area (Å²) in [6.45, 7) is 3.90. The minimum atomic E-state index is -0.388. The third-order valence-corrected chi connectivity index (χ3v) is 7.06. The zero-order valence-corrected chi connectivity index (χ0v) is 16.8. The lowest BCUT2D eigenvalue weighted by atomic mass is 9.97. The molecule has 0 bridgehead atoms. The summed E-state index contributed by atoms with van der Waals surface area (Å²) in [4.78, 5) is 14.1. The average molecular weight is 400 g/mol. The van der Waals surface area contributed by atoms with Crippen molar-refractivity contribution in [1.29, 1.82) is 0 Å². The van der Waals surface area contributed by atoms with Crippen molar-refractivity contribution in [2.45, 2.75) is 51.7 Å². The lowest BCUT2D eigenvalue weighted by molar-refractivity contribution is 0.137. The van der Waals surface area contributed by atoms with E-state index in [1.807, 2.05) is 13.0 Å². The molecule has 28 heavy (non-hydrogen) atoms. The van der Waals surface area contributed by atoms with Gasteiger partial charge in [0.15, 0.2) is 0 Å². The fraction of sp³-hybridized carbons (Fsp3) is 0.550. The van der Waals surface area contributed by atoms with Crippen LogP contribution in [0.15, 0.2) is 10.6 Å². The van der Waals surface area contributed by atoms with Gasteiger partial charge in [-0.3, -0.25) is 4.90 Å². The number of β-amino-alcohol motifs (C(OH)–C–C–N with tert-alkyl or cyclic N) is 1. The molecule has 4 heterocycles. The zero-order chi connectivity index (χ0) is 19.3.